The van der Waals surface area contributed by atoms with Gasteiger partial charge in [-0.25, -0.2) is 0 Å². The number of aliphatic imine (C=N–C) groups is 1. The van der Waals surface area contributed by atoms with Crippen LogP contribution >= 0.6 is 0 Å². The minimum absolute atomic E-state index is 0.401. The Balaban J connectivity index is 1.92. The van der Waals surface area contributed by atoms with Crippen molar-refractivity contribution in [1.82, 2.24) is 0 Å². The summed E-state index contributed by atoms with van der Waals surface area (Å²) in [6.07, 6.45) is 2.65. The summed E-state index contributed by atoms with van der Waals surface area (Å²) in [5.74, 6) is 2.12. The first kappa shape index (κ1) is 13.8. The highest BCUT2D eigenvalue weighted by molar-refractivity contribution is 6.14. The third kappa shape index (κ3) is 2.11. The SMILES string of the molecule is CC1CCC2C1c1ccccc1C(c1ccccc1)=N[C@H]2C. The Hall–Kier alpha value is -1.89. The fourth-order valence-electron chi connectivity index (χ4n) is 4.51. The molecule has 112 valence electrons. The molecule has 2 aromatic rings. The monoisotopic (exact) mass is 289 g/mol. The molecule has 3 unspecified atom stereocenters. The zero-order valence-corrected chi connectivity index (χ0v) is 13.4. The van der Waals surface area contributed by atoms with Gasteiger partial charge in [-0.2, -0.15) is 0 Å². The highest BCUT2D eigenvalue weighted by Crippen LogP contribution is 2.48. The molecule has 2 aromatic carbocycles. The second-order valence-electron chi connectivity index (χ2n) is 6.92. The Labute approximate surface area is 133 Å². The van der Waals surface area contributed by atoms with Crippen LogP contribution in [0, 0.1) is 11.8 Å². The number of fused-ring (bicyclic) bond motifs is 3. The van der Waals surface area contributed by atoms with Crippen molar-refractivity contribution < 1.29 is 0 Å². The standard InChI is InChI=1S/C21H23N/c1-14-12-13-17-15(2)22-21(16-8-4-3-5-9-16)19-11-7-6-10-18(19)20(14)17/h3-11,14-15,17,20H,12-13H2,1-2H3/t14?,15-,17?,20?/m0/s1. The van der Waals surface area contributed by atoms with Gasteiger partial charge in [0, 0.05) is 11.1 Å². The quantitative estimate of drug-likeness (QED) is 0.696. The Morgan fingerprint density at radius 1 is 0.864 bits per heavy atom. The van der Waals surface area contributed by atoms with Crippen LogP contribution in [-0.2, 0) is 0 Å². The molecule has 4 rings (SSSR count). The van der Waals surface area contributed by atoms with Crippen LogP contribution in [0.5, 0.6) is 0 Å². The molecule has 4 atom stereocenters. The van der Waals surface area contributed by atoms with Crippen LogP contribution in [0.15, 0.2) is 59.6 Å². The molecule has 1 fully saturated rings. The highest BCUT2D eigenvalue weighted by atomic mass is 14.8. The van der Waals surface area contributed by atoms with Gasteiger partial charge in [0.15, 0.2) is 0 Å². The summed E-state index contributed by atoms with van der Waals surface area (Å²) in [7, 11) is 0. The Bertz CT molecular complexity index is 701. The maximum atomic E-state index is 5.18. The van der Waals surface area contributed by atoms with Crippen molar-refractivity contribution in [2.45, 2.75) is 38.6 Å². The predicted molar refractivity (Wildman–Crippen MR) is 92.6 cm³/mol. The summed E-state index contributed by atoms with van der Waals surface area (Å²) in [4.78, 5) is 5.18. The third-order valence-electron chi connectivity index (χ3n) is 5.60. The van der Waals surface area contributed by atoms with Gasteiger partial charge in [0.05, 0.1) is 11.8 Å². The molecule has 0 N–H and O–H groups in total. The molecule has 0 spiro atoms. The van der Waals surface area contributed by atoms with Crippen molar-refractivity contribution in [3.05, 3.63) is 71.3 Å². The van der Waals surface area contributed by atoms with E-state index in [4.69, 9.17) is 4.99 Å². The molecule has 0 saturated heterocycles. The van der Waals surface area contributed by atoms with Crippen LogP contribution in [0.25, 0.3) is 0 Å². The lowest BCUT2D eigenvalue weighted by Crippen LogP contribution is -2.19. The van der Waals surface area contributed by atoms with E-state index in [1.54, 1.807) is 0 Å². The van der Waals surface area contributed by atoms with Gasteiger partial charge in [-0.15, -0.1) is 0 Å². The van der Waals surface area contributed by atoms with Crippen LogP contribution in [-0.4, -0.2) is 11.8 Å². The van der Waals surface area contributed by atoms with Crippen LogP contribution in [0.4, 0.5) is 0 Å². The summed E-state index contributed by atoms with van der Waals surface area (Å²) in [6, 6.07) is 20.0. The van der Waals surface area contributed by atoms with Crippen LogP contribution < -0.4 is 0 Å². The van der Waals surface area contributed by atoms with Crippen molar-refractivity contribution in [2.24, 2.45) is 16.8 Å². The van der Waals surface area contributed by atoms with Gasteiger partial charge in [-0.1, -0.05) is 61.5 Å². The van der Waals surface area contributed by atoms with Crippen molar-refractivity contribution >= 4 is 5.71 Å². The number of rotatable bonds is 1. The first-order valence-electron chi connectivity index (χ1n) is 8.48. The lowest BCUT2D eigenvalue weighted by Gasteiger charge is -2.25. The van der Waals surface area contributed by atoms with Crippen LogP contribution in [0.1, 0.15) is 49.3 Å². The third-order valence-corrected chi connectivity index (χ3v) is 5.60. The zero-order chi connectivity index (χ0) is 15.1. The number of hydrogen-bond acceptors (Lipinski definition) is 1. The molecule has 0 aromatic heterocycles. The molecule has 22 heavy (non-hydrogen) atoms. The summed E-state index contributed by atoms with van der Waals surface area (Å²) < 4.78 is 0. The van der Waals surface area contributed by atoms with Gasteiger partial charge in [0.2, 0.25) is 0 Å². The second-order valence-corrected chi connectivity index (χ2v) is 6.92. The number of hydrogen-bond donors (Lipinski definition) is 0. The van der Waals surface area contributed by atoms with E-state index in [9.17, 15) is 0 Å². The molecule has 1 nitrogen and oxygen atoms in total. The molecule has 2 aliphatic rings. The smallest absolute Gasteiger partial charge is 0.0725 e. The highest BCUT2D eigenvalue weighted by Gasteiger charge is 2.40. The van der Waals surface area contributed by atoms with Gasteiger partial charge in [-0.05, 0) is 43.1 Å². The molecule has 1 saturated carbocycles. The zero-order valence-electron chi connectivity index (χ0n) is 13.4. The average molecular weight is 289 g/mol. The van der Waals surface area contributed by atoms with Gasteiger partial charge in [0.1, 0.15) is 0 Å². The average Bonchev–Trinajstić information content (AvgIpc) is 2.89. The minimum atomic E-state index is 0.401. The Morgan fingerprint density at radius 2 is 1.59 bits per heavy atom. The first-order valence-corrected chi connectivity index (χ1v) is 8.48. The molecule has 1 heteroatoms. The molecule has 0 radical (unpaired) electrons. The lowest BCUT2D eigenvalue weighted by atomic mass is 9.79. The Morgan fingerprint density at radius 3 is 2.41 bits per heavy atom. The van der Waals surface area contributed by atoms with Gasteiger partial charge < -0.3 is 0 Å². The largest absolute Gasteiger partial charge is 0.281 e. The summed E-state index contributed by atoms with van der Waals surface area (Å²) >= 11 is 0. The topological polar surface area (TPSA) is 12.4 Å². The summed E-state index contributed by atoms with van der Waals surface area (Å²) in [5.41, 5.74) is 5.30. The molecular weight excluding hydrogens is 266 g/mol. The Kier molecular flexibility index (Phi) is 3.37. The van der Waals surface area contributed by atoms with Gasteiger partial charge in [0.25, 0.3) is 0 Å². The maximum absolute atomic E-state index is 5.18. The molecule has 1 aliphatic carbocycles. The van der Waals surface area contributed by atoms with E-state index in [1.165, 1.54) is 35.2 Å². The van der Waals surface area contributed by atoms with Crippen molar-refractivity contribution in [1.29, 1.82) is 0 Å². The van der Waals surface area contributed by atoms with Gasteiger partial charge in [-0.3, -0.25) is 4.99 Å². The van der Waals surface area contributed by atoms with Gasteiger partial charge >= 0.3 is 0 Å². The summed E-state index contributed by atoms with van der Waals surface area (Å²) in [6.45, 7) is 4.73. The minimum Gasteiger partial charge on any atom is -0.281 e. The normalized spacial score (nSPS) is 30.2. The predicted octanol–water partition coefficient (Wildman–Crippen LogP) is 5.06. The van der Waals surface area contributed by atoms with E-state index < -0.39 is 0 Å². The van der Waals surface area contributed by atoms with Crippen LogP contribution in [0.3, 0.4) is 0 Å². The van der Waals surface area contributed by atoms with Crippen molar-refractivity contribution in [2.75, 3.05) is 0 Å². The van der Waals surface area contributed by atoms with E-state index in [-0.39, 0.29) is 0 Å². The fourth-order valence-corrected chi connectivity index (χ4v) is 4.51. The first-order chi connectivity index (χ1) is 10.8. The number of nitrogens with zero attached hydrogens (tertiary/aromatic N) is 1. The van der Waals surface area contributed by atoms with Crippen molar-refractivity contribution in [3.8, 4) is 0 Å². The molecular formula is C21H23N. The molecule has 1 heterocycles. The molecule has 1 aliphatic heterocycles. The van der Waals surface area contributed by atoms with E-state index in [0.29, 0.717) is 17.9 Å². The van der Waals surface area contributed by atoms with E-state index in [1.807, 2.05) is 0 Å². The van der Waals surface area contributed by atoms with E-state index >= 15 is 0 Å². The van der Waals surface area contributed by atoms with E-state index in [0.717, 1.165) is 5.92 Å². The number of benzene rings is 2. The summed E-state index contributed by atoms with van der Waals surface area (Å²) in [5, 5.41) is 0. The fraction of sp³-hybridized carbons (Fsp3) is 0.381. The lowest BCUT2D eigenvalue weighted by molar-refractivity contribution is 0.385. The van der Waals surface area contributed by atoms with E-state index in [2.05, 4.69) is 68.4 Å². The molecule has 0 amide bonds. The second kappa shape index (κ2) is 5.39. The molecule has 0 bridgehead atoms. The van der Waals surface area contributed by atoms with Crippen molar-refractivity contribution in [3.63, 3.8) is 0 Å². The van der Waals surface area contributed by atoms with Crippen LogP contribution in [0.2, 0.25) is 0 Å². The maximum Gasteiger partial charge on any atom is 0.0725 e.